The highest BCUT2D eigenvalue weighted by Crippen LogP contribution is 2.14. The lowest BCUT2D eigenvalue weighted by Crippen LogP contribution is -2.38. The summed E-state index contributed by atoms with van der Waals surface area (Å²) in [5, 5.41) is 6.79. The molecule has 0 radical (unpaired) electrons. The van der Waals surface area contributed by atoms with E-state index in [4.69, 9.17) is 4.99 Å². The van der Waals surface area contributed by atoms with Gasteiger partial charge in [0, 0.05) is 26.3 Å². The van der Waals surface area contributed by atoms with E-state index in [1.54, 1.807) is 0 Å². The van der Waals surface area contributed by atoms with Gasteiger partial charge >= 0.3 is 0 Å². The normalized spacial score (nSPS) is 12.6. The Morgan fingerprint density at radius 2 is 1.83 bits per heavy atom. The Kier molecular flexibility index (Phi) is 6.67. The average Bonchev–Trinajstić information content (AvgIpc) is 2.61. The zero-order valence-electron chi connectivity index (χ0n) is 15.1. The number of aliphatic imine (C=N–C) groups is 1. The van der Waals surface area contributed by atoms with Gasteiger partial charge in [-0.05, 0) is 37.1 Å². The van der Waals surface area contributed by atoms with Crippen LogP contribution in [-0.2, 0) is 6.54 Å². The van der Waals surface area contributed by atoms with Crippen LogP contribution in [0.5, 0.6) is 0 Å². The molecule has 1 unspecified atom stereocenters. The minimum atomic E-state index is 0.206. The summed E-state index contributed by atoms with van der Waals surface area (Å²) >= 11 is 0. The second-order valence-corrected chi connectivity index (χ2v) is 6.04. The first kappa shape index (κ1) is 17.9. The van der Waals surface area contributed by atoms with Crippen molar-refractivity contribution in [1.29, 1.82) is 0 Å². The summed E-state index contributed by atoms with van der Waals surface area (Å²) < 4.78 is 0. The molecular formula is C20H28N4. The van der Waals surface area contributed by atoms with Gasteiger partial charge in [-0.1, -0.05) is 42.5 Å². The summed E-state index contributed by atoms with van der Waals surface area (Å²) in [4.78, 5) is 6.83. The van der Waals surface area contributed by atoms with Gasteiger partial charge in [-0.2, -0.15) is 0 Å². The summed E-state index contributed by atoms with van der Waals surface area (Å²) in [5.41, 5.74) is 3.64. The number of anilines is 1. The molecule has 0 spiro atoms. The molecule has 2 aromatic carbocycles. The van der Waals surface area contributed by atoms with Gasteiger partial charge in [-0.3, -0.25) is 0 Å². The van der Waals surface area contributed by atoms with Crippen LogP contribution in [0.15, 0.2) is 59.6 Å². The first-order valence-corrected chi connectivity index (χ1v) is 8.46. The van der Waals surface area contributed by atoms with Gasteiger partial charge in [0.15, 0.2) is 5.96 Å². The molecule has 128 valence electrons. The topological polar surface area (TPSA) is 39.7 Å². The molecular weight excluding hydrogens is 296 g/mol. The van der Waals surface area contributed by atoms with Crippen LogP contribution < -0.4 is 15.5 Å². The summed E-state index contributed by atoms with van der Waals surface area (Å²) in [6.45, 7) is 5.72. The fourth-order valence-corrected chi connectivity index (χ4v) is 2.45. The highest BCUT2D eigenvalue weighted by molar-refractivity contribution is 5.80. The third-order valence-electron chi connectivity index (χ3n) is 3.84. The highest BCUT2D eigenvalue weighted by atomic mass is 15.2. The van der Waals surface area contributed by atoms with E-state index in [2.05, 4.69) is 92.0 Å². The maximum atomic E-state index is 4.73. The Morgan fingerprint density at radius 1 is 1.08 bits per heavy atom. The van der Waals surface area contributed by atoms with Crippen molar-refractivity contribution in [3.05, 3.63) is 65.7 Å². The van der Waals surface area contributed by atoms with Crippen LogP contribution in [0, 0.1) is 0 Å². The molecule has 24 heavy (non-hydrogen) atoms. The molecule has 2 aromatic rings. The van der Waals surface area contributed by atoms with Crippen LogP contribution in [0.1, 0.15) is 31.0 Å². The van der Waals surface area contributed by atoms with E-state index in [1.165, 1.54) is 16.8 Å². The standard InChI is InChI=1S/C20H28N4/c1-5-21-20(23-16(2)18-11-7-6-8-12-18)22-15-17-10-9-13-19(14-17)24(3)4/h6-14,16H,5,15H2,1-4H3,(H2,21,22,23). The highest BCUT2D eigenvalue weighted by Gasteiger charge is 2.07. The largest absolute Gasteiger partial charge is 0.378 e. The van der Waals surface area contributed by atoms with Gasteiger partial charge in [0.25, 0.3) is 0 Å². The van der Waals surface area contributed by atoms with Crippen LogP contribution in [0.2, 0.25) is 0 Å². The third-order valence-corrected chi connectivity index (χ3v) is 3.84. The Hall–Kier alpha value is -2.49. The van der Waals surface area contributed by atoms with Crippen molar-refractivity contribution in [3.8, 4) is 0 Å². The van der Waals surface area contributed by atoms with Gasteiger partial charge in [-0.25, -0.2) is 4.99 Å². The quantitative estimate of drug-likeness (QED) is 0.630. The lowest BCUT2D eigenvalue weighted by Gasteiger charge is -2.18. The fraction of sp³-hybridized carbons (Fsp3) is 0.350. The molecule has 1 atom stereocenters. The van der Waals surface area contributed by atoms with Gasteiger partial charge < -0.3 is 15.5 Å². The molecule has 0 aliphatic heterocycles. The Bertz CT molecular complexity index is 650. The Balaban J connectivity index is 2.06. The molecule has 0 saturated heterocycles. The van der Waals surface area contributed by atoms with Crippen molar-refractivity contribution in [2.24, 2.45) is 4.99 Å². The molecule has 2 rings (SSSR count). The Morgan fingerprint density at radius 3 is 2.50 bits per heavy atom. The van der Waals surface area contributed by atoms with Crippen LogP contribution >= 0.6 is 0 Å². The van der Waals surface area contributed by atoms with Crippen molar-refractivity contribution in [2.75, 3.05) is 25.5 Å². The second kappa shape index (κ2) is 8.96. The predicted molar refractivity (Wildman–Crippen MR) is 104 cm³/mol. The fourth-order valence-electron chi connectivity index (χ4n) is 2.45. The van der Waals surface area contributed by atoms with Crippen LogP contribution in [0.25, 0.3) is 0 Å². The molecule has 2 N–H and O–H groups in total. The van der Waals surface area contributed by atoms with E-state index in [-0.39, 0.29) is 6.04 Å². The molecule has 0 heterocycles. The van der Waals surface area contributed by atoms with E-state index in [1.807, 2.05) is 6.07 Å². The maximum Gasteiger partial charge on any atom is 0.192 e. The van der Waals surface area contributed by atoms with E-state index in [0.29, 0.717) is 6.54 Å². The molecule has 0 saturated carbocycles. The molecule has 4 heteroatoms. The smallest absolute Gasteiger partial charge is 0.192 e. The lowest BCUT2D eigenvalue weighted by molar-refractivity contribution is 0.686. The number of benzene rings is 2. The summed E-state index contributed by atoms with van der Waals surface area (Å²) in [6.07, 6.45) is 0. The molecule has 0 aliphatic carbocycles. The third kappa shape index (κ3) is 5.30. The van der Waals surface area contributed by atoms with Crippen LogP contribution in [-0.4, -0.2) is 26.6 Å². The SMILES string of the molecule is CCNC(=NCc1cccc(N(C)C)c1)NC(C)c1ccccc1. The van der Waals surface area contributed by atoms with Crippen LogP contribution in [0.3, 0.4) is 0 Å². The number of hydrogen-bond donors (Lipinski definition) is 2. The van der Waals surface area contributed by atoms with E-state index < -0.39 is 0 Å². The zero-order chi connectivity index (χ0) is 17.4. The second-order valence-electron chi connectivity index (χ2n) is 6.04. The number of nitrogens with zero attached hydrogens (tertiary/aromatic N) is 2. The predicted octanol–water partition coefficient (Wildman–Crippen LogP) is 3.57. The van der Waals surface area contributed by atoms with E-state index in [0.717, 1.165) is 12.5 Å². The zero-order valence-corrected chi connectivity index (χ0v) is 15.1. The minimum absolute atomic E-state index is 0.206. The molecule has 0 aromatic heterocycles. The van der Waals surface area contributed by atoms with Gasteiger partial charge in [-0.15, -0.1) is 0 Å². The summed E-state index contributed by atoms with van der Waals surface area (Å²) in [7, 11) is 4.10. The monoisotopic (exact) mass is 324 g/mol. The molecule has 4 nitrogen and oxygen atoms in total. The number of guanidine groups is 1. The van der Waals surface area contributed by atoms with Crippen molar-refractivity contribution in [3.63, 3.8) is 0 Å². The van der Waals surface area contributed by atoms with Gasteiger partial charge in [0.2, 0.25) is 0 Å². The van der Waals surface area contributed by atoms with Crippen molar-refractivity contribution in [1.82, 2.24) is 10.6 Å². The van der Waals surface area contributed by atoms with E-state index in [9.17, 15) is 0 Å². The lowest BCUT2D eigenvalue weighted by atomic mass is 10.1. The van der Waals surface area contributed by atoms with Gasteiger partial charge in [0.05, 0.1) is 12.6 Å². The Labute approximate surface area is 145 Å². The first-order chi connectivity index (χ1) is 11.6. The van der Waals surface area contributed by atoms with Gasteiger partial charge in [0.1, 0.15) is 0 Å². The maximum absolute atomic E-state index is 4.73. The molecule has 0 amide bonds. The molecule has 0 aliphatic rings. The van der Waals surface area contributed by atoms with Crippen molar-refractivity contribution >= 4 is 11.6 Å². The summed E-state index contributed by atoms with van der Waals surface area (Å²) in [5.74, 6) is 0.837. The number of rotatable bonds is 6. The van der Waals surface area contributed by atoms with Crippen LogP contribution in [0.4, 0.5) is 5.69 Å². The number of hydrogen-bond acceptors (Lipinski definition) is 2. The van der Waals surface area contributed by atoms with Crippen molar-refractivity contribution < 1.29 is 0 Å². The minimum Gasteiger partial charge on any atom is -0.378 e. The molecule has 0 fully saturated rings. The first-order valence-electron chi connectivity index (χ1n) is 8.46. The average molecular weight is 324 g/mol. The van der Waals surface area contributed by atoms with Crippen molar-refractivity contribution in [2.45, 2.75) is 26.4 Å². The van der Waals surface area contributed by atoms with E-state index >= 15 is 0 Å². The number of nitrogens with one attached hydrogen (secondary N) is 2. The summed E-state index contributed by atoms with van der Waals surface area (Å²) in [6, 6.07) is 19.1. The molecule has 0 bridgehead atoms.